The molecule has 1 rings (SSSR count). The lowest BCUT2D eigenvalue weighted by Crippen LogP contribution is -2.10. The standard InChI is InChI=1S/C9H11NO/c1-4-8-5-6-11-9(8)7-10(2)3/h1,5-6H,7H2,2-3H3. The van der Waals surface area contributed by atoms with Crippen LogP contribution in [0, 0.1) is 12.3 Å². The van der Waals surface area contributed by atoms with Gasteiger partial charge in [-0.15, -0.1) is 6.42 Å². The van der Waals surface area contributed by atoms with Crippen molar-refractivity contribution in [3.05, 3.63) is 23.7 Å². The van der Waals surface area contributed by atoms with Crippen LogP contribution in [0.1, 0.15) is 11.3 Å². The maximum atomic E-state index is 5.24. The van der Waals surface area contributed by atoms with E-state index in [-0.39, 0.29) is 0 Å². The highest BCUT2D eigenvalue weighted by Gasteiger charge is 2.03. The lowest BCUT2D eigenvalue weighted by molar-refractivity contribution is 0.350. The molecule has 0 spiro atoms. The first kappa shape index (κ1) is 7.90. The predicted octanol–water partition coefficient (Wildman–Crippen LogP) is 1.32. The Kier molecular flexibility index (Phi) is 2.35. The highest BCUT2D eigenvalue weighted by Crippen LogP contribution is 2.09. The normalized spacial score (nSPS) is 10.0. The van der Waals surface area contributed by atoms with Gasteiger partial charge in [0.15, 0.2) is 0 Å². The van der Waals surface area contributed by atoms with Gasteiger partial charge in [0.25, 0.3) is 0 Å². The Morgan fingerprint density at radius 1 is 1.64 bits per heavy atom. The predicted molar refractivity (Wildman–Crippen MR) is 44.0 cm³/mol. The maximum Gasteiger partial charge on any atom is 0.133 e. The molecule has 0 atom stereocenters. The zero-order valence-corrected chi connectivity index (χ0v) is 6.79. The fourth-order valence-corrected chi connectivity index (χ4v) is 0.879. The Hall–Kier alpha value is -1.20. The van der Waals surface area contributed by atoms with Crippen molar-refractivity contribution in [2.75, 3.05) is 14.1 Å². The Labute approximate surface area is 66.8 Å². The molecular formula is C9H11NO. The van der Waals surface area contributed by atoms with E-state index in [1.54, 1.807) is 12.3 Å². The number of furan rings is 1. The van der Waals surface area contributed by atoms with Gasteiger partial charge >= 0.3 is 0 Å². The second-order valence-electron chi connectivity index (χ2n) is 2.64. The molecular weight excluding hydrogens is 138 g/mol. The van der Waals surface area contributed by atoms with Crippen LogP contribution in [0.5, 0.6) is 0 Å². The van der Waals surface area contributed by atoms with E-state index in [2.05, 4.69) is 5.92 Å². The summed E-state index contributed by atoms with van der Waals surface area (Å²) in [6, 6.07) is 1.80. The van der Waals surface area contributed by atoms with E-state index in [4.69, 9.17) is 10.8 Å². The van der Waals surface area contributed by atoms with Crippen LogP contribution < -0.4 is 0 Å². The first-order valence-electron chi connectivity index (χ1n) is 3.41. The van der Waals surface area contributed by atoms with Gasteiger partial charge in [-0.2, -0.15) is 0 Å². The van der Waals surface area contributed by atoms with Crippen LogP contribution in [-0.4, -0.2) is 19.0 Å². The molecule has 1 aromatic heterocycles. The van der Waals surface area contributed by atoms with Crippen LogP contribution in [0.3, 0.4) is 0 Å². The van der Waals surface area contributed by atoms with E-state index in [1.165, 1.54) is 0 Å². The Morgan fingerprint density at radius 3 is 2.91 bits per heavy atom. The number of terminal acetylenes is 1. The molecule has 0 bridgehead atoms. The summed E-state index contributed by atoms with van der Waals surface area (Å²) in [7, 11) is 3.95. The number of rotatable bonds is 2. The molecule has 0 fully saturated rings. The van der Waals surface area contributed by atoms with Crippen molar-refractivity contribution in [2.24, 2.45) is 0 Å². The minimum absolute atomic E-state index is 0.756. The molecule has 0 saturated heterocycles. The van der Waals surface area contributed by atoms with E-state index in [9.17, 15) is 0 Å². The molecule has 2 heteroatoms. The molecule has 0 N–H and O–H groups in total. The van der Waals surface area contributed by atoms with E-state index < -0.39 is 0 Å². The van der Waals surface area contributed by atoms with E-state index >= 15 is 0 Å². The fraction of sp³-hybridized carbons (Fsp3) is 0.333. The number of hydrogen-bond donors (Lipinski definition) is 0. The van der Waals surface area contributed by atoms with Crippen LogP contribution in [0.4, 0.5) is 0 Å². The molecule has 0 amide bonds. The zero-order valence-electron chi connectivity index (χ0n) is 6.79. The van der Waals surface area contributed by atoms with Crippen LogP contribution in [0.2, 0.25) is 0 Å². The first-order chi connectivity index (χ1) is 5.24. The SMILES string of the molecule is C#Cc1ccoc1CN(C)C. The Bertz CT molecular complexity index is 267. The van der Waals surface area contributed by atoms with Crippen LogP contribution in [0.25, 0.3) is 0 Å². The van der Waals surface area contributed by atoms with Crippen molar-refractivity contribution in [1.82, 2.24) is 4.90 Å². The summed E-state index contributed by atoms with van der Waals surface area (Å²) in [5, 5.41) is 0. The highest BCUT2D eigenvalue weighted by atomic mass is 16.3. The average Bonchev–Trinajstić information content (AvgIpc) is 2.34. The van der Waals surface area contributed by atoms with Crippen molar-refractivity contribution < 1.29 is 4.42 Å². The third-order valence-corrected chi connectivity index (χ3v) is 1.36. The Morgan fingerprint density at radius 2 is 2.36 bits per heavy atom. The molecule has 11 heavy (non-hydrogen) atoms. The van der Waals surface area contributed by atoms with Crippen molar-refractivity contribution >= 4 is 0 Å². The van der Waals surface area contributed by atoms with Crippen molar-refractivity contribution in [3.8, 4) is 12.3 Å². The van der Waals surface area contributed by atoms with Crippen LogP contribution in [-0.2, 0) is 6.54 Å². The van der Waals surface area contributed by atoms with Gasteiger partial charge in [0.2, 0.25) is 0 Å². The highest BCUT2D eigenvalue weighted by molar-refractivity contribution is 5.33. The smallest absolute Gasteiger partial charge is 0.133 e. The minimum atomic E-state index is 0.756. The molecule has 1 aromatic rings. The van der Waals surface area contributed by atoms with Crippen molar-refractivity contribution in [2.45, 2.75) is 6.54 Å². The third-order valence-electron chi connectivity index (χ3n) is 1.36. The average molecular weight is 149 g/mol. The largest absolute Gasteiger partial charge is 0.467 e. The van der Waals surface area contributed by atoms with E-state index in [0.717, 1.165) is 17.9 Å². The van der Waals surface area contributed by atoms with Gasteiger partial charge in [-0.05, 0) is 20.2 Å². The van der Waals surface area contributed by atoms with Gasteiger partial charge in [-0.3, -0.25) is 0 Å². The van der Waals surface area contributed by atoms with Crippen LogP contribution >= 0.6 is 0 Å². The molecule has 0 radical (unpaired) electrons. The molecule has 0 aromatic carbocycles. The summed E-state index contributed by atoms with van der Waals surface area (Å²) in [5.41, 5.74) is 0.846. The van der Waals surface area contributed by atoms with Crippen molar-refractivity contribution in [1.29, 1.82) is 0 Å². The molecule has 0 aliphatic carbocycles. The lowest BCUT2D eigenvalue weighted by Gasteiger charge is -2.06. The summed E-state index contributed by atoms with van der Waals surface area (Å²) in [6.07, 6.45) is 6.86. The third kappa shape index (κ3) is 1.86. The topological polar surface area (TPSA) is 16.4 Å². The van der Waals surface area contributed by atoms with Crippen LogP contribution in [0.15, 0.2) is 16.7 Å². The lowest BCUT2D eigenvalue weighted by atomic mass is 10.2. The molecule has 0 saturated carbocycles. The van der Waals surface area contributed by atoms with Gasteiger partial charge in [0.1, 0.15) is 5.76 Å². The summed E-state index contributed by atoms with van der Waals surface area (Å²) < 4.78 is 5.18. The molecule has 2 nitrogen and oxygen atoms in total. The van der Waals surface area contributed by atoms with Gasteiger partial charge < -0.3 is 9.32 Å². The van der Waals surface area contributed by atoms with Gasteiger partial charge in [-0.1, -0.05) is 5.92 Å². The molecule has 0 aliphatic rings. The summed E-state index contributed by atoms with van der Waals surface area (Å²) in [5.74, 6) is 3.42. The fourth-order valence-electron chi connectivity index (χ4n) is 0.879. The molecule has 0 unspecified atom stereocenters. The summed E-state index contributed by atoms with van der Waals surface area (Å²) in [4.78, 5) is 2.01. The molecule has 58 valence electrons. The quantitative estimate of drug-likeness (QED) is 0.590. The second-order valence-corrected chi connectivity index (χ2v) is 2.64. The molecule has 0 aliphatic heterocycles. The Balaban J connectivity index is 2.79. The van der Waals surface area contributed by atoms with Gasteiger partial charge in [0.05, 0.1) is 18.4 Å². The van der Waals surface area contributed by atoms with E-state index in [0.29, 0.717) is 0 Å². The van der Waals surface area contributed by atoms with Gasteiger partial charge in [-0.25, -0.2) is 0 Å². The summed E-state index contributed by atoms with van der Waals surface area (Å²) in [6.45, 7) is 0.756. The minimum Gasteiger partial charge on any atom is -0.467 e. The maximum absolute atomic E-state index is 5.24. The number of hydrogen-bond acceptors (Lipinski definition) is 2. The first-order valence-corrected chi connectivity index (χ1v) is 3.41. The second kappa shape index (κ2) is 3.27. The monoisotopic (exact) mass is 149 g/mol. The molecule has 1 heterocycles. The zero-order chi connectivity index (χ0) is 8.27. The van der Waals surface area contributed by atoms with Gasteiger partial charge in [0, 0.05) is 0 Å². The summed E-state index contributed by atoms with van der Waals surface area (Å²) >= 11 is 0. The number of nitrogens with zero attached hydrogens (tertiary/aromatic N) is 1. The van der Waals surface area contributed by atoms with Crippen molar-refractivity contribution in [3.63, 3.8) is 0 Å². The van der Waals surface area contributed by atoms with E-state index in [1.807, 2.05) is 19.0 Å².